The van der Waals surface area contributed by atoms with Gasteiger partial charge in [-0.1, -0.05) is 20.8 Å². The van der Waals surface area contributed by atoms with Gasteiger partial charge in [-0.05, 0) is 45.8 Å². The van der Waals surface area contributed by atoms with Gasteiger partial charge in [-0.2, -0.15) is 0 Å². The molecule has 0 aliphatic carbocycles. The zero-order valence-electron chi connectivity index (χ0n) is 12.4. The number of rotatable bonds is 10. The van der Waals surface area contributed by atoms with Crippen LogP contribution in [-0.4, -0.2) is 61.3 Å². The van der Waals surface area contributed by atoms with Crippen LogP contribution < -0.4 is 0 Å². The maximum Gasteiger partial charge on any atom is 0.0538 e. The van der Waals surface area contributed by atoms with E-state index in [0.717, 1.165) is 45.4 Å². The van der Waals surface area contributed by atoms with E-state index in [-0.39, 0.29) is 6.10 Å². The molecule has 0 fully saturated rings. The van der Waals surface area contributed by atoms with Crippen LogP contribution in [0.25, 0.3) is 0 Å². The van der Waals surface area contributed by atoms with Crippen molar-refractivity contribution >= 4 is 0 Å². The molecule has 17 heavy (non-hydrogen) atoms. The molecule has 1 N–H and O–H groups in total. The molecule has 0 saturated carbocycles. The van der Waals surface area contributed by atoms with Crippen LogP contribution in [0.1, 0.15) is 40.0 Å². The van der Waals surface area contributed by atoms with Crippen molar-refractivity contribution in [3.05, 3.63) is 0 Å². The summed E-state index contributed by atoms with van der Waals surface area (Å²) >= 11 is 0. The Hall–Kier alpha value is -0.120. The van der Waals surface area contributed by atoms with E-state index in [4.69, 9.17) is 0 Å². The van der Waals surface area contributed by atoms with Gasteiger partial charge in [-0.25, -0.2) is 0 Å². The van der Waals surface area contributed by atoms with Gasteiger partial charge in [0.1, 0.15) is 0 Å². The Morgan fingerprint density at radius 1 is 1.06 bits per heavy atom. The summed E-state index contributed by atoms with van der Waals surface area (Å²) < 4.78 is 0. The topological polar surface area (TPSA) is 26.7 Å². The molecule has 1 unspecified atom stereocenters. The second-order valence-electron chi connectivity index (χ2n) is 5.70. The first-order valence-electron chi connectivity index (χ1n) is 7.00. The largest absolute Gasteiger partial charge is 0.393 e. The monoisotopic (exact) mass is 244 g/mol. The van der Waals surface area contributed by atoms with Gasteiger partial charge >= 0.3 is 0 Å². The Kier molecular flexibility index (Phi) is 9.79. The van der Waals surface area contributed by atoms with Gasteiger partial charge < -0.3 is 14.9 Å². The first-order chi connectivity index (χ1) is 7.95. The highest BCUT2D eigenvalue weighted by atomic mass is 16.3. The van der Waals surface area contributed by atoms with Crippen LogP contribution in [0.2, 0.25) is 0 Å². The van der Waals surface area contributed by atoms with Crippen LogP contribution in [0.3, 0.4) is 0 Å². The Balaban J connectivity index is 3.84. The molecule has 1 atom stereocenters. The van der Waals surface area contributed by atoms with E-state index >= 15 is 0 Å². The van der Waals surface area contributed by atoms with Gasteiger partial charge in [0.2, 0.25) is 0 Å². The molecule has 3 nitrogen and oxygen atoms in total. The lowest BCUT2D eigenvalue weighted by Crippen LogP contribution is -2.35. The fraction of sp³-hybridized carbons (Fsp3) is 1.00. The molecule has 0 radical (unpaired) electrons. The summed E-state index contributed by atoms with van der Waals surface area (Å²) in [7, 11) is 4.24. The SMILES string of the molecule is CCC(O)CCCN(CCN(C)C)CC(C)C. The average molecular weight is 244 g/mol. The quantitative estimate of drug-likeness (QED) is 0.637. The minimum Gasteiger partial charge on any atom is -0.393 e. The van der Waals surface area contributed by atoms with Crippen molar-refractivity contribution in [2.24, 2.45) is 5.92 Å². The molecule has 0 amide bonds. The number of aliphatic hydroxyl groups is 1. The van der Waals surface area contributed by atoms with Gasteiger partial charge in [0.15, 0.2) is 0 Å². The van der Waals surface area contributed by atoms with E-state index in [9.17, 15) is 5.11 Å². The summed E-state index contributed by atoms with van der Waals surface area (Å²) in [5, 5.41) is 9.54. The minimum absolute atomic E-state index is 0.107. The number of hydrogen-bond acceptors (Lipinski definition) is 3. The predicted octanol–water partition coefficient (Wildman–Crippen LogP) is 2.06. The number of likely N-dealkylation sites (N-methyl/N-ethyl adjacent to an activating group) is 1. The van der Waals surface area contributed by atoms with E-state index in [1.165, 1.54) is 0 Å². The van der Waals surface area contributed by atoms with Crippen LogP contribution in [0.15, 0.2) is 0 Å². The first-order valence-corrected chi connectivity index (χ1v) is 7.00. The molecular formula is C14H32N2O. The molecule has 0 heterocycles. The predicted molar refractivity (Wildman–Crippen MR) is 75.4 cm³/mol. The van der Waals surface area contributed by atoms with Crippen molar-refractivity contribution in [2.45, 2.75) is 46.1 Å². The number of hydrogen-bond donors (Lipinski definition) is 1. The smallest absolute Gasteiger partial charge is 0.0538 e. The highest BCUT2D eigenvalue weighted by Crippen LogP contribution is 2.05. The van der Waals surface area contributed by atoms with E-state index < -0.39 is 0 Å². The third-order valence-electron chi connectivity index (χ3n) is 2.97. The average Bonchev–Trinajstić information content (AvgIpc) is 2.24. The number of nitrogens with zero attached hydrogens (tertiary/aromatic N) is 2. The van der Waals surface area contributed by atoms with E-state index in [2.05, 4.69) is 37.7 Å². The molecule has 104 valence electrons. The highest BCUT2D eigenvalue weighted by Gasteiger charge is 2.08. The Bertz CT molecular complexity index is 172. The molecule has 0 aliphatic rings. The van der Waals surface area contributed by atoms with Crippen molar-refractivity contribution in [3.63, 3.8) is 0 Å². The molecule has 3 heteroatoms. The van der Waals surface area contributed by atoms with Crippen molar-refractivity contribution < 1.29 is 5.11 Å². The second-order valence-corrected chi connectivity index (χ2v) is 5.70. The van der Waals surface area contributed by atoms with Crippen LogP contribution in [0.4, 0.5) is 0 Å². The number of aliphatic hydroxyl groups excluding tert-OH is 1. The van der Waals surface area contributed by atoms with Crippen molar-refractivity contribution in [3.8, 4) is 0 Å². The van der Waals surface area contributed by atoms with Crippen molar-refractivity contribution in [2.75, 3.05) is 40.3 Å². The van der Waals surface area contributed by atoms with Crippen molar-refractivity contribution in [1.82, 2.24) is 9.80 Å². The van der Waals surface area contributed by atoms with Gasteiger partial charge in [0.25, 0.3) is 0 Å². The molecule has 0 aliphatic heterocycles. The lowest BCUT2D eigenvalue weighted by molar-refractivity contribution is 0.145. The summed E-state index contributed by atoms with van der Waals surface area (Å²) in [5.41, 5.74) is 0. The van der Waals surface area contributed by atoms with E-state index in [0.29, 0.717) is 5.92 Å². The molecule has 0 saturated heterocycles. The minimum atomic E-state index is -0.107. The lowest BCUT2D eigenvalue weighted by Gasteiger charge is -2.26. The standard InChI is InChI=1S/C14H32N2O/c1-6-14(17)8-7-9-16(12-13(2)3)11-10-15(4)5/h13-14,17H,6-12H2,1-5H3. The summed E-state index contributed by atoms with van der Waals surface area (Å²) in [4.78, 5) is 4.75. The molecule has 0 aromatic heterocycles. The molecule has 0 aromatic rings. The van der Waals surface area contributed by atoms with Crippen LogP contribution in [0.5, 0.6) is 0 Å². The van der Waals surface area contributed by atoms with Gasteiger partial charge in [-0.15, -0.1) is 0 Å². The molecule has 0 spiro atoms. The van der Waals surface area contributed by atoms with E-state index in [1.54, 1.807) is 0 Å². The van der Waals surface area contributed by atoms with Crippen molar-refractivity contribution in [1.29, 1.82) is 0 Å². The normalized spacial score (nSPS) is 13.9. The highest BCUT2D eigenvalue weighted by molar-refractivity contribution is 4.63. The van der Waals surface area contributed by atoms with Crippen LogP contribution >= 0.6 is 0 Å². The summed E-state index contributed by atoms with van der Waals surface area (Å²) in [6.07, 6.45) is 2.81. The third kappa shape index (κ3) is 10.7. The third-order valence-corrected chi connectivity index (χ3v) is 2.97. The summed E-state index contributed by atoms with van der Waals surface area (Å²) in [5.74, 6) is 0.716. The zero-order chi connectivity index (χ0) is 13.3. The van der Waals surface area contributed by atoms with Gasteiger partial charge in [-0.3, -0.25) is 0 Å². The lowest BCUT2D eigenvalue weighted by atomic mass is 10.1. The Morgan fingerprint density at radius 2 is 1.71 bits per heavy atom. The van der Waals surface area contributed by atoms with E-state index in [1.807, 2.05) is 6.92 Å². The van der Waals surface area contributed by atoms with Gasteiger partial charge in [0, 0.05) is 19.6 Å². The second kappa shape index (κ2) is 9.86. The fourth-order valence-corrected chi connectivity index (χ4v) is 1.91. The molecule has 0 bridgehead atoms. The Labute approximate surface area is 108 Å². The van der Waals surface area contributed by atoms with Crippen LogP contribution in [0, 0.1) is 5.92 Å². The van der Waals surface area contributed by atoms with Gasteiger partial charge in [0.05, 0.1) is 6.10 Å². The maximum absolute atomic E-state index is 9.54. The summed E-state index contributed by atoms with van der Waals surface area (Å²) in [6, 6.07) is 0. The molecule has 0 aromatic carbocycles. The molecular weight excluding hydrogens is 212 g/mol. The zero-order valence-corrected chi connectivity index (χ0v) is 12.4. The fourth-order valence-electron chi connectivity index (χ4n) is 1.91. The molecule has 0 rings (SSSR count). The first kappa shape index (κ1) is 16.9. The Morgan fingerprint density at radius 3 is 2.18 bits per heavy atom. The van der Waals surface area contributed by atoms with Crippen LogP contribution in [-0.2, 0) is 0 Å². The maximum atomic E-state index is 9.54. The summed E-state index contributed by atoms with van der Waals surface area (Å²) in [6.45, 7) is 11.1.